The van der Waals surface area contributed by atoms with Crippen molar-refractivity contribution in [3.8, 4) is 0 Å². The van der Waals surface area contributed by atoms with Crippen molar-refractivity contribution in [3.05, 3.63) is 53.0 Å². The lowest BCUT2D eigenvalue weighted by Gasteiger charge is -2.20. The summed E-state index contributed by atoms with van der Waals surface area (Å²) in [5.41, 5.74) is 1.69. The van der Waals surface area contributed by atoms with Crippen LogP contribution in [0.15, 0.2) is 47.5 Å². The zero-order chi connectivity index (χ0) is 15.4. The van der Waals surface area contributed by atoms with E-state index in [1.807, 2.05) is 12.1 Å². The number of carbonyl (C=O) groups excluding carboxylic acids is 1. The Morgan fingerprint density at radius 3 is 2.77 bits per heavy atom. The summed E-state index contributed by atoms with van der Waals surface area (Å²) >= 11 is 3.35. The summed E-state index contributed by atoms with van der Waals surface area (Å²) in [6, 6.07) is 5.21. The topological polar surface area (TPSA) is 76.1 Å². The first kappa shape index (κ1) is 14.9. The van der Waals surface area contributed by atoms with E-state index in [-0.39, 0.29) is 18.2 Å². The first-order valence-corrected chi connectivity index (χ1v) is 7.72. The lowest BCUT2D eigenvalue weighted by molar-refractivity contribution is 0.100. The SMILES string of the molecule is O=C(Nc1ccncc1Br)N[C@@H]1CCO[C@H]1c1ccncc1. The van der Waals surface area contributed by atoms with E-state index < -0.39 is 0 Å². The predicted octanol–water partition coefficient (Wildman–Crippen LogP) is 2.89. The average molecular weight is 363 g/mol. The smallest absolute Gasteiger partial charge is 0.319 e. The second kappa shape index (κ2) is 6.85. The number of ether oxygens (including phenoxy) is 1. The molecule has 2 amide bonds. The van der Waals surface area contributed by atoms with E-state index in [2.05, 4.69) is 36.5 Å². The molecule has 114 valence electrons. The lowest BCUT2D eigenvalue weighted by Crippen LogP contribution is -2.39. The number of aromatic nitrogens is 2. The van der Waals surface area contributed by atoms with Crippen LogP contribution >= 0.6 is 15.9 Å². The second-order valence-corrected chi connectivity index (χ2v) is 5.78. The van der Waals surface area contributed by atoms with E-state index in [9.17, 15) is 4.79 Å². The minimum absolute atomic E-state index is 0.0667. The van der Waals surface area contributed by atoms with Crippen molar-refractivity contribution in [1.82, 2.24) is 15.3 Å². The molecule has 2 aromatic rings. The van der Waals surface area contributed by atoms with E-state index in [1.54, 1.807) is 30.9 Å². The molecule has 2 atom stereocenters. The number of amides is 2. The summed E-state index contributed by atoms with van der Waals surface area (Å²) in [6.07, 6.45) is 7.34. The summed E-state index contributed by atoms with van der Waals surface area (Å²) < 4.78 is 6.47. The normalized spacial score (nSPS) is 20.6. The first-order valence-electron chi connectivity index (χ1n) is 6.92. The van der Waals surface area contributed by atoms with Crippen LogP contribution in [0.1, 0.15) is 18.1 Å². The monoisotopic (exact) mass is 362 g/mol. The fraction of sp³-hybridized carbons (Fsp3) is 0.267. The molecule has 0 unspecified atom stereocenters. The molecule has 22 heavy (non-hydrogen) atoms. The molecule has 1 saturated heterocycles. The Hall–Kier alpha value is -1.99. The van der Waals surface area contributed by atoms with E-state index in [4.69, 9.17) is 4.74 Å². The van der Waals surface area contributed by atoms with Gasteiger partial charge in [0.25, 0.3) is 0 Å². The van der Waals surface area contributed by atoms with Crippen LogP contribution < -0.4 is 10.6 Å². The average Bonchev–Trinajstić information content (AvgIpc) is 2.98. The van der Waals surface area contributed by atoms with Crippen molar-refractivity contribution in [3.63, 3.8) is 0 Å². The fourth-order valence-electron chi connectivity index (χ4n) is 2.42. The number of anilines is 1. The summed E-state index contributed by atoms with van der Waals surface area (Å²) in [4.78, 5) is 20.1. The molecule has 2 N–H and O–H groups in total. The molecule has 1 fully saturated rings. The molecular weight excluding hydrogens is 348 g/mol. The number of pyridine rings is 2. The van der Waals surface area contributed by atoms with Crippen LogP contribution in [0.4, 0.5) is 10.5 Å². The molecule has 1 aliphatic rings. The second-order valence-electron chi connectivity index (χ2n) is 4.92. The van der Waals surface area contributed by atoms with Crippen LogP contribution in [0.25, 0.3) is 0 Å². The van der Waals surface area contributed by atoms with Gasteiger partial charge in [-0.05, 0) is 46.1 Å². The Morgan fingerprint density at radius 2 is 2.00 bits per heavy atom. The van der Waals surface area contributed by atoms with E-state index >= 15 is 0 Å². The third-order valence-corrected chi connectivity index (χ3v) is 4.10. The maximum absolute atomic E-state index is 12.2. The van der Waals surface area contributed by atoms with Gasteiger partial charge in [0.15, 0.2) is 0 Å². The van der Waals surface area contributed by atoms with Gasteiger partial charge in [0.1, 0.15) is 6.10 Å². The van der Waals surface area contributed by atoms with Crippen molar-refractivity contribution in [2.75, 3.05) is 11.9 Å². The Balaban J connectivity index is 1.65. The first-order chi connectivity index (χ1) is 10.7. The van der Waals surface area contributed by atoms with Crippen LogP contribution in [-0.2, 0) is 4.74 Å². The van der Waals surface area contributed by atoms with Crippen molar-refractivity contribution >= 4 is 27.6 Å². The van der Waals surface area contributed by atoms with E-state index in [1.165, 1.54) is 0 Å². The van der Waals surface area contributed by atoms with Crippen molar-refractivity contribution < 1.29 is 9.53 Å². The van der Waals surface area contributed by atoms with Crippen molar-refractivity contribution in [2.45, 2.75) is 18.6 Å². The maximum Gasteiger partial charge on any atom is 0.319 e. The third kappa shape index (κ3) is 3.42. The number of nitrogens with zero attached hydrogens (tertiary/aromatic N) is 2. The van der Waals surface area contributed by atoms with Crippen molar-refractivity contribution in [2.24, 2.45) is 0 Å². The summed E-state index contributed by atoms with van der Waals surface area (Å²) in [5, 5.41) is 5.77. The van der Waals surface area contributed by atoms with Gasteiger partial charge in [0.05, 0.1) is 16.2 Å². The van der Waals surface area contributed by atoms with Gasteiger partial charge >= 0.3 is 6.03 Å². The highest BCUT2D eigenvalue weighted by Crippen LogP contribution is 2.29. The molecule has 0 radical (unpaired) electrons. The molecule has 3 heterocycles. The molecule has 6 nitrogen and oxygen atoms in total. The summed E-state index contributed by atoms with van der Waals surface area (Å²) in [6.45, 7) is 0.622. The van der Waals surface area contributed by atoms with Crippen LogP contribution in [0.2, 0.25) is 0 Å². The van der Waals surface area contributed by atoms with Gasteiger partial charge in [-0.1, -0.05) is 0 Å². The van der Waals surface area contributed by atoms with Crippen LogP contribution in [0, 0.1) is 0 Å². The summed E-state index contributed by atoms with van der Waals surface area (Å²) in [7, 11) is 0. The van der Waals surface area contributed by atoms with Gasteiger partial charge in [-0.15, -0.1) is 0 Å². The van der Waals surface area contributed by atoms with Gasteiger partial charge in [-0.2, -0.15) is 0 Å². The number of hydrogen-bond acceptors (Lipinski definition) is 4. The Kier molecular flexibility index (Phi) is 4.65. The molecule has 0 spiro atoms. The van der Waals surface area contributed by atoms with Crippen LogP contribution in [0.3, 0.4) is 0 Å². The molecule has 0 bridgehead atoms. The Labute approximate surface area is 136 Å². The van der Waals surface area contributed by atoms with Crippen molar-refractivity contribution in [1.29, 1.82) is 0 Å². The number of hydrogen-bond donors (Lipinski definition) is 2. The molecule has 3 rings (SSSR count). The number of nitrogens with one attached hydrogen (secondary N) is 2. The van der Waals surface area contributed by atoms with Gasteiger partial charge in [0, 0.05) is 31.4 Å². The highest BCUT2D eigenvalue weighted by molar-refractivity contribution is 9.10. The molecular formula is C15H15BrN4O2. The van der Waals surface area contributed by atoms with Crippen LogP contribution in [0.5, 0.6) is 0 Å². The molecule has 1 aliphatic heterocycles. The standard InChI is InChI=1S/C15H15BrN4O2/c16-11-9-18-7-3-12(11)19-15(21)20-13-4-8-22-14(13)10-1-5-17-6-2-10/h1-3,5-7,9,13-14H,4,8H2,(H2,18,19,20,21)/t13-,14+/m1/s1. The zero-order valence-electron chi connectivity index (χ0n) is 11.7. The molecule has 0 aromatic carbocycles. The third-order valence-electron chi connectivity index (χ3n) is 3.46. The summed E-state index contributed by atoms with van der Waals surface area (Å²) in [5.74, 6) is 0. The number of rotatable bonds is 3. The largest absolute Gasteiger partial charge is 0.371 e. The Bertz CT molecular complexity index is 653. The van der Waals surface area contributed by atoms with Gasteiger partial charge in [-0.3, -0.25) is 9.97 Å². The van der Waals surface area contributed by atoms with E-state index in [0.717, 1.165) is 16.5 Å². The fourth-order valence-corrected chi connectivity index (χ4v) is 2.77. The molecule has 7 heteroatoms. The molecule has 2 aromatic heterocycles. The predicted molar refractivity (Wildman–Crippen MR) is 85.4 cm³/mol. The zero-order valence-corrected chi connectivity index (χ0v) is 13.3. The van der Waals surface area contributed by atoms with Gasteiger partial charge in [0.2, 0.25) is 0 Å². The lowest BCUT2D eigenvalue weighted by atomic mass is 10.0. The molecule has 0 aliphatic carbocycles. The highest BCUT2D eigenvalue weighted by Gasteiger charge is 2.30. The van der Waals surface area contributed by atoms with Gasteiger partial charge in [-0.25, -0.2) is 4.79 Å². The molecule has 0 saturated carbocycles. The maximum atomic E-state index is 12.2. The Morgan fingerprint density at radius 1 is 1.23 bits per heavy atom. The quantitative estimate of drug-likeness (QED) is 0.879. The number of carbonyl (C=O) groups is 1. The minimum atomic E-state index is -0.263. The van der Waals surface area contributed by atoms with Crippen LogP contribution in [-0.4, -0.2) is 28.6 Å². The van der Waals surface area contributed by atoms with E-state index in [0.29, 0.717) is 12.3 Å². The minimum Gasteiger partial charge on any atom is -0.371 e. The number of halogens is 1. The van der Waals surface area contributed by atoms with Gasteiger partial charge < -0.3 is 15.4 Å². The highest BCUT2D eigenvalue weighted by atomic mass is 79.9. The number of urea groups is 1.